The van der Waals surface area contributed by atoms with E-state index >= 15 is 0 Å². The van der Waals surface area contributed by atoms with E-state index in [2.05, 4.69) is 5.32 Å². The number of carbonyl (C=O) groups is 2. The summed E-state index contributed by atoms with van der Waals surface area (Å²) in [6.07, 6.45) is 0.622. The van der Waals surface area contributed by atoms with Crippen LogP contribution in [0.3, 0.4) is 0 Å². The van der Waals surface area contributed by atoms with Crippen LogP contribution in [0.25, 0.3) is 0 Å². The quantitative estimate of drug-likeness (QED) is 0.664. The van der Waals surface area contributed by atoms with Crippen molar-refractivity contribution in [2.24, 2.45) is 0 Å². The summed E-state index contributed by atoms with van der Waals surface area (Å²) in [7, 11) is -4.15. The van der Waals surface area contributed by atoms with Crippen LogP contribution in [0.2, 0.25) is 5.02 Å². The van der Waals surface area contributed by atoms with Gasteiger partial charge in [0.05, 0.1) is 11.1 Å². The van der Waals surface area contributed by atoms with Crippen LogP contribution in [0.1, 0.15) is 33.2 Å². The number of halogens is 1. The van der Waals surface area contributed by atoms with Gasteiger partial charge in [0.1, 0.15) is 10.6 Å². The Balaban J connectivity index is 1.96. The van der Waals surface area contributed by atoms with Gasteiger partial charge in [-0.1, -0.05) is 18.5 Å². The minimum atomic E-state index is -4.15. The van der Waals surface area contributed by atoms with Gasteiger partial charge in [-0.3, -0.25) is 14.9 Å². The molecule has 0 aromatic heterocycles. The molecule has 1 heterocycles. The number of imide groups is 1. The smallest absolute Gasteiger partial charge is 0.339 e. The summed E-state index contributed by atoms with van der Waals surface area (Å²) < 4.78 is 29.9. The molecular weight excluding hydrogens is 354 g/mol. The van der Waals surface area contributed by atoms with Crippen molar-refractivity contribution in [3.63, 3.8) is 0 Å². The fourth-order valence-electron chi connectivity index (χ4n) is 2.35. The summed E-state index contributed by atoms with van der Waals surface area (Å²) >= 11 is 6.00. The first-order chi connectivity index (χ1) is 11.3. The zero-order chi connectivity index (χ0) is 17.5. The molecule has 124 valence electrons. The topological polar surface area (TPSA) is 89.5 Å². The molecule has 2 amide bonds. The largest absolute Gasteiger partial charge is 0.379 e. The molecule has 0 saturated heterocycles. The molecule has 0 aliphatic carbocycles. The number of rotatable bonds is 4. The maximum absolute atomic E-state index is 12.4. The number of benzene rings is 2. The van der Waals surface area contributed by atoms with E-state index in [-0.39, 0.29) is 21.8 Å². The van der Waals surface area contributed by atoms with Crippen molar-refractivity contribution in [1.82, 2.24) is 5.32 Å². The molecule has 0 atom stereocenters. The number of nitrogens with one attached hydrogen (secondary N) is 1. The summed E-state index contributed by atoms with van der Waals surface area (Å²) in [5.41, 5.74) is 0.900. The van der Waals surface area contributed by atoms with Crippen LogP contribution in [0.5, 0.6) is 5.75 Å². The SMILES string of the molecule is CCc1cc(OS(=O)(=O)c2ccc3c(c2)C(=O)NC3=O)ccc1Cl. The molecule has 1 aliphatic rings. The van der Waals surface area contributed by atoms with E-state index < -0.39 is 21.9 Å². The van der Waals surface area contributed by atoms with E-state index in [1.165, 1.54) is 18.2 Å². The second-order valence-corrected chi connectivity index (χ2v) is 7.09. The zero-order valence-corrected chi connectivity index (χ0v) is 14.1. The van der Waals surface area contributed by atoms with Crippen molar-refractivity contribution >= 4 is 33.5 Å². The Labute approximate surface area is 143 Å². The van der Waals surface area contributed by atoms with E-state index in [1.54, 1.807) is 12.1 Å². The number of fused-ring (bicyclic) bond motifs is 1. The summed E-state index contributed by atoms with van der Waals surface area (Å²) in [6.45, 7) is 1.88. The lowest BCUT2D eigenvalue weighted by Gasteiger charge is -2.09. The molecule has 6 nitrogen and oxygen atoms in total. The third-order valence-electron chi connectivity index (χ3n) is 3.60. The molecule has 0 fully saturated rings. The Kier molecular flexibility index (Phi) is 4.06. The number of aryl methyl sites for hydroxylation is 1. The second kappa shape index (κ2) is 5.92. The van der Waals surface area contributed by atoms with Crippen LogP contribution in [-0.2, 0) is 16.5 Å². The highest BCUT2D eigenvalue weighted by Gasteiger charge is 2.29. The molecule has 2 aromatic rings. The van der Waals surface area contributed by atoms with Crippen LogP contribution < -0.4 is 9.50 Å². The van der Waals surface area contributed by atoms with Gasteiger partial charge in [0, 0.05) is 5.02 Å². The first-order valence-electron chi connectivity index (χ1n) is 7.04. The van der Waals surface area contributed by atoms with E-state index in [0.29, 0.717) is 11.4 Å². The van der Waals surface area contributed by atoms with Crippen LogP contribution in [0.15, 0.2) is 41.3 Å². The zero-order valence-electron chi connectivity index (χ0n) is 12.5. The average Bonchev–Trinajstić information content (AvgIpc) is 2.83. The van der Waals surface area contributed by atoms with Crippen LogP contribution in [-0.4, -0.2) is 20.2 Å². The molecule has 8 heteroatoms. The molecule has 0 bridgehead atoms. The van der Waals surface area contributed by atoms with E-state index in [9.17, 15) is 18.0 Å². The van der Waals surface area contributed by atoms with Gasteiger partial charge < -0.3 is 4.18 Å². The highest BCUT2D eigenvalue weighted by molar-refractivity contribution is 7.87. The van der Waals surface area contributed by atoms with Gasteiger partial charge in [0.2, 0.25) is 0 Å². The lowest BCUT2D eigenvalue weighted by Crippen LogP contribution is -2.19. The van der Waals surface area contributed by atoms with Crippen molar-refractivity contribution in [2.45, 2.75) is 18.2 Å². The molecule has 1 N–H and O–H groups in total. The van der Waals surface area contributed by atoms with Gasteiger partial charge in [-0.05, 0) is 48.4 Å². The number of amides is 2. The van der Waals surface area contributed by atoms with Gasteiger partial charge >= 0.3 is 10.1 Å². The molecule has 0 saturated carbocycles. The molecular formula is C16H12ClNO5S. The maximum atomic E-state index is 12.4. The van der Waals surface area contributed by atoms with Crippen molar-refractivity contribution in [2.75, 3.05) is 0 Å². The van der Waals surface area contributed by atoms with Crippen molar-refractivity contribution in [3.05, 3.63) is 58.1 Å². The molecule has 2 aromatic carbocycles. The summed E-state index contributed by atoms with van der Waals surface area (Å²) in [4.78, 5) is 22.9. The minimum Gasteiger partial charge on any atom is -0.379 e. The van der Waals surface area contributed by atoms with Gasteiger partial charge in [-0.25, -0.2) is 0 Å². The molecule has 0 spiro atoms. The van der Waals surface area contributed by atoms with Gasteiger partial charge in [-0.15, -0.1) is 0 Å². The Bertz CT molecular complexity index is 968. The van der Waals surface area contributed by atoms with E-state index in [0.717, 1.165) is 11.6 Å². The third-order valence-corrected chi connectivity index (χ3v) is 5.21. The standard InChI is InChI=1S/C16H12ClNO5S/c1-2-9-7-10(3-6-14(9)17)23-24(21,22)11-4-5-12-13(8-11)16(20)18-15(12)19/h3-8H,2H2,1H3,(H,18,19,20). The maximum Gasteiger partial charge on any atom is 0.339 e. The second-order valence-electron chi connectivity index (χ2n) is 5.13. The number of carbonyl (C=O) groups excluding carboxylic acids is 2. The monoisotopic (exact) mass is 365 g/mol. The van der Waals surface area contributed by atoms with Gasteiger partial charge in [0.15, 0.2) is 0 Å². The highest BCUT2D eigenvalue weighted by Crippen LogP contribution is 2.26. The highest BCUT2D eigenvalue weighted by atomic mass is 35.5. The molecule has 24 heavy (non-hydrogen) atoms. The van der Waals surface area contributed by atoms with Gasteiger partial charge in [-0.2, -0.15) is 8.42 Å². The molecule has 3 rings (SSSR count). The normalized spacial score (nSPS) is 13.6. The Morgan fingerprint density at radius 2 is 1.75 bits per heavy atom. The Morgan fingerprint density at radius 3 is 2.46 bits per heavy atom. The fraction of sp³-hybridized carbons (Fsp3) is 0.125. The number of hydrogen-bond donors (Lipinski definition) is 1. The van der Waals surface area contributed by atoms with Crippen molar-refractivity contribution < 1.29 is 22.2 Å². The Morgan fingerprint density at radius 1 is 1.04 bits per heavy atom. The average molecular weight is 366 g/mol. The molecule has 1 aliphatic heterocycles. The van der Waals surface area contributed by atoms with Crippen molar-refractivity contribution in [1.29, 1.82) is 0 Å². The van der Waals surface area contributed by atoms with Crippen LogP contribution in [0.4, 0.5) is 0 Å². The van der Waals surface area contributed by atoms with E-state index in [4.69, 9.17) is 15.8 Å². The summed E-state index contributed by atoms with van der Waals surface area (Å²) in [6, 6.07) is 8.18. The predicted molar refractivity (Wildman–Crippen MR) is 86.9 cm³/mol. The number of hydrogen-bond acceptors (Lipinski definition) is 5. The lowest BCUT2D eigenvalue weighted by atomic mass is 10.1. The molecule has 0 unspecified atom stereocenters. The fourth-order valence-corrected chi connectivity index (χ4v) is 3.55. The van der Waals surface area contributed by atoms with Gasteiger partial charge in [0.25, 0.3) is 11.8 Å². The Hall–Kier alpha value is -2.38. The minimum absolute atomic E-state index is 0.00929. The first-order valence-corrected chi connectivity index (χ1v) is 8.83. The summed E-state index contributed by atoms with van der Waals surface area (Å²) in [5, 5.41) is 2.63. The van der Waals surface area contributed by atoms with Crippen LogP contribution >= 0.6 is 11.6 Å². The summed E-state index contributed by atoms with van der Waals surface area (Å²) in [5.74, 6) is -1.06. The van der Waals surface area contributed by atoms with Crippen LogP contribution in [0, 0.1) is 0 Å². The first kappa shape index (κ1) is 16.5. The third kappa shape index (κ3) is 2.88. The van der Waals surface area contributed by atoms with Crippen molar-refractivity contribution in [3.8, 4) is 5.75 Å². The lowest BCUT2D eigenvalue weighted by molar-refractivity contribution is 0.0879. The molecule has 0 radical (unpaired) electrons. The van der Waals surface area contributed by atoms with E-state index in [1.807, 2.05) is 6.92 Å². The predicted octanol–water partition coefficient (Wildman–Crippen LogP) is 2.55.